The summed E-state index contributed by atoms with van der Waals surface area (Å²) in [5, 5.41) is 12.1. The van der Waals surface area contributed by atoms with E-state index in [2.05, 4.69) is 20.6 Å². The molecule has 0 bridgehead atoms. The molecule has 0 aliphatic rings. The van der Waals surface area contributed by atoms with E-state index < -0.39 is 9.84 Å². The molecule has 5 rings (SSSR count). The first kappa shape index (κ1) is 22.6. The van der Waals surface area contributed by atoms with E-state index in [1.807, 2.05) is 49.4 Å². The third-order valence-electron chi connectivity index (χ3n) is 5.52. The fraction of sp³-hybridized carbons (Fsp3) is 0.160. The summed E-state index contributed by atoms with van der Waals surface area (Å²) in [4.78, 5) is 4.79. The maximum atomic E-state index is 13.3. The molecule has 0 amide bonds. The lowest BCUT2D eigenvalue weighted by Gasteiger charge is -2.13. The summed E-state index contributed by atoms with van der Waals surface area (Å²) >= 11 is 0. The Labute approximate surface area is 202 Å². The van der Waals surface area contributed by atoms with E-state index in [1.54, 1.807) is 25.3 Å². The first-order valence-corrected chi connectivity index (χ1v) is 12.5. The van der Waals surface area contributed by atoms with Crippen molar-refractivity contribution in [3.8, 4) is 11.5 Å². The summed E-state index contributed by atoms with van der Waals surface area (Å²) in [5.41, 5.74) is 1.79. The molecule has 2 heterocycles. The smallest absolute Gasteiger partial charge is 0.229 e. The second-order valence-corrected chi connectivity index (χ2v) is 9.56. The van der Waals surface area contributed by atoms with Crippen molar-refractivity contribution in [1.82, 2.24) is 19.8 Å². The highest BCUT2D eigenvalue weighted by Crippen LogP contribution is 2.30. The van der Waals surface area contributed by atoms with Gasteiger partial charge < -0.3 is 14.8 Å². The Hall–Kier alpha value is -4.18. The summed E-state index contributed by atoms with van der Waals surface area (Å²) in [5.74, 6) is 1.83. The Morgan fingerprint density at radius 1 is 0.971 bits per heavy atom. The van der Waals surface area contributed by atoms with Gasteiger partial charge in [-0.05, 0) is 48.9 Å². The molecule has 0 fully saturated rings. The van der Waals surface area contributed by atoms with Gasteiger partial charge >= 0.3 is 0 Å². The number of anilines is 1. The van der Waals surface area contributed by atoms with Crippen molar-refractivity contribution in [3.05, 3.63) is 78.4 Å². The van der Waals surface area contributed by atoms with Crippen LogP contribution in [0.4, 0.5) is 5.82 Å². The van der Waals surface area contributed by atoms with Crippen LogP contribution in [0.5, 0.6) is 11.5 Å². The van der Waals surface area contributed by atoms with Crippen LogP contribution in [-0.2, 0) is 16.4 Å². The minimum Gasteiger partial charge on any atom is -0.493 e. The average Bonchev–Trinajstić information content (AvgIpc) is 3.33. The van der Waals surface area contributed by atoms with Gasteiger partial charge in [0.2, 0.25) is 14.9 Å². The lowest BCUT2D eigenvalue weighted by molar-refractivity contribution is 0.310. The number of sulfone groups is 1. The molecule has 0 radical (unpaired) electrons. The molecular weight excluding hydrogens is 466 g/mol. The van der Waals surface area contributed by atoms with Crippen molar-refractivity contribution in [2.24, 2.45) is 0 Å². The third kappa shape index (κ3) is 4.12. The zero-order valence-corrected chi connectivity index (χ0v) is 20.0. The van der Waals surface area contributed by atoms with Crippen LogP contribution in [0.2, 0.25) is 0 Å². The van der Waals surface area contributed by atoms with Crippen LogP contribution in [0.1, 0.15) is 12.5 Å². The highest BCUT2D eigenvalue weighted by molar-refractivity contribution is 7.91. The maximum absolute atomic E-state index is 13.3. The first-order valence-electron chi connectivity index (χ1n) is 11.0. The largest absolute Gasteiger partial charge is 0.493 e. The molecule has 0 unspecified atom stereocenters. The van der Waals surface area contributed by atoms with Gasteiger partial charge in [0.15, 0.2) is 17.1 Å². The standard InChI is InChI=1S/C25H23N5O4S/c1-3-34-22-15-17(13-14-21(22)33-2)16-26-23-19-11-7-8-12-20(19)30-24(27-23)25(28-29-30)35(31,32)18-9-5-4-6-10-18/h4-15H,3,16H2,1-2H3,(H,26,27). The SMILES string of the molecule is CCOc1cc(CNc2nc3c(S(=O)(=O)c4ccccc4)nnn3c3ccccc23)ccc1OC. The first-order chi connectivity index (χ1) is 17.0. The van der Waals surface area contributed by atoms with Gasteiger partial charge in [0.25, 0.3) is 0 Å². The predicted molar refractivity (Wildman–Crippen MR) is 132 cm³/mol. The van der Waals surface area contributed by atoms with E-state index in [4.69, 9.17) is 9.47 Å². The molecule has 0 saturated heterocycles. The molecule has 0 atom stereocenters. The lowest BCUT2D eigenvalue weighted by atomic mass is 10.2. The summed E-state index contributed by atoms with van der Waals surface area (Å²) in [6.07, 6.45) is 0. The van der Waals surface area contributed by atoms with Gasteiger partial charge in [0.05, 0.1) is 24.1 Å². The second kappa shape index (κ2) is 9.22. The monoisotopic (exact) mass is 489 g/mol. The van der Waals surface area contributed by atoms with Crippen molar-refractivity contribution in [2.75, 3.05) is 19.0 Å². The third-order valence-corrected chi connectivity index (χ3v) is 7.18. The van der Waals surface area contributed by atoms with E-state index in [0.29, 0.717) is 36.0 Å². The normalized spacial score (nSPS) is 11.6. The highest BCUT2D eigenvalue weighted by Gasteiger charge is 2.27. The van der Waals surface area contributed by atoms with Crippen LogP contribution in [0.25, 0.3) is 16.6 Å². The molecule has 178 valence electrons. The number of fused-ring (bicyclic) bond motifs is 3. The molecule has 0 spiro atoms. The Balaban J connectivity index is 1.58. The fourth-order valence-corrected chi connectivity index (χ4v) is 5.11. The van der Waals surface area contributed by atoms with Crippen molar-refractivity contribution in [3.63, 3.8) is 0 Å². The molecule has 2 aromatic heterocycles. The number of nitrogens with one attached hydrogen (secondary N) is 1. The molecule has 0 aliphatic heterocycles. The fourth-order valence-electron chi connectivity index (χ4n) is 3.85. The van der Waals surface area contributed by atoms with Crippen molar-refractivity contribution in [2.45, 2.75) is 23.4 Å². The van der Waals surface area contributed by atoms with E-state index in [9.17, 15) is 8.42 Å². The van der Waals surface area contributed by atoms with Crippen LogP contribution in [0.15, 0.2) is 82.7 Å². The van der Waals surface area contributed by atoms with Gasteiger partial charge in [-0.3, -0.25) is 0 Å². The van der Waals surface area contributed by atoms with Crippen LogP contribution in [-0.4, -0.2) is 41.9 Å². The summed E-state index contributed by atoms with van der Waals surface area (Å²) in [6, 6.07) is 21.3. The van der Waals surface area contributed by atoms with E-state index >= 15 is 0 Å². The Morgan fingerprint density at radius 2 is 1.74 bits per heavy atom. The lowest BCUT2D eigenvalue weighted by Crippen LogP contribution is -2.07. The number of ether oxygens (including phenoxy) is 2. The predicted octanol–water partition coefficient (Wildman–Crippen LogP) is 4.13. The summed E-state index contributed by atoms with van der Waals surface area (Å²) in [6.45, 7) is 2.86. The van der Waals surface area contributed by atoms with E-state index in [1.165, 1.54) is 16.6 Å². The van der Waals surface area contributed by atoms with Gasteiger partial charge in [-0.15, -0.1) is 5.10 Å². The summed E-state index contributed by atoms with van der Waals surface area (Å²) < 4.78 is 39.1. The number of benzene rings is 3. The van der Waals surface area contributed by atoms with Crippen molar-refractivity contribution < 1.29 is 17.9 Å². The number of aromatic nitrogens is 4. The van der Waals surface area contributed by atoms with Crippen LogP contribution >= 0.6 is 0 Å². The molecule has 9 nitrogen and oxygen atoms in total. The van der Waals surface area contributed by atoms with Gasteiger partial charge in [-0.2, -0.15) is 4.52 Å². The second-order valence-electron chi connectivity index (χ2n) is 7.70. The number of hydrogen-bond donors (Lipinski definition) is 1. The van der Waals surface area contributed by atoms with E-state index in [0.717, 1.165) is 10.9 Å². The van der Waals surface area contributed by atoms with Gasteiger partial charge in [-0.1, -0.05) is 41.6 Å². The van der Waals surface area contributed by atoms with Crippen LogP contribution in [0, 0.1) is 0 Å². The number of hydrogen-bond acceptors (Lipinski definition) is 8. The molecule has 1 N–H and O–H groups in total. The minimum absolute atomic E-state index is 0.133. The topological polar surface area (TPSA) is 108 Å². The van der Waals surface area contributed by atoms with Gasteiger partial charge in [-0.25, -0.2) is 13.4 Å². The minimum atomic E-state index is -3.91. The van der Waals surface area contributed by atoms with Gasteiger partial charge in [0.1, 0.15) is 5.82 Å². The molecule has 10 heteroatoms. The zero-order valence-electron chi connectivity index (χ0n) is 19.2. The highest BCUT2D eigenvalue weighted by atomic mass is 32.2. The van der Waals surface area contributed by atoms with Gasteiger partial charge in [0, 0.05) is 11.9 Å². The van der Waals surface area contributed by atoms with Crippen LogP contribution in [0.3, 0.4) is 0 Å². The van der Waals surface area contributed by atoms with E-state index in [-0.39, 0.29) is 15.6 Å². The Morgan fingerprint density at radius 3 is 2.51 bits per heavy atom. The number of para-hydroxylation sites is 1. The number of rotatable bonds is 8. The number of nitrogens with zero attached hydrogens (tertiary/aromatic N) is 4. The molecule has 0 saturated carbocycles. The molecule has 0 aliphatic carbocycles. The number of methoxy groups -OCH3 is 1. The van der Waals surface area contributed by atoms with Crippen molar-refractivity contribution in [1.29, 1.82) is 0 Å². The molecule has 35 heavy (non-hydrogen) atoms. The maximum Gasteiger partial charge on any atom is 0.229 e. The quantitative estimate of drug-likeness (QED) is 0.347. The average molecular weight is 490 g/mol. The Kier molecular flexibility index (Phi) is 5.96. The molecule has 3 aromatic carbocycles. The molecule has 5 aromatic rings. The molecular formula is C25H23N5O4S. The Bertz CT molecular complexity index is 1620. The van der Waals surface area contributed by atoms with Crippen molar-refractivity contribution >= 4 is 32.2 Å². The van der Waals surface area contributed by atoms with Crippen LogP contribution < -0.4 is 14.8 Å². The summed E-state index contributed by atoms with van der Waals surface area (Å²) in [7, 11) is -2.31. The zero-order chi connectivity index (χ0) is 24.4.